The van der Waals surface area contributed by atoms with Crippen LogP contribution in [0, 0.1) is 0 Å². The van der Waals surface area contributed by atoms with Gasteiger partial charge in [-0.25, -0.2) is 0 Å². The summed E-state index contributed by atoms with van der Waals surface area (Å²) < 4.78 is 10.6. The molecule has 0 unspecified atom stereocenters. The first-order valence-electron chi connectivity index (χ1n) is 10.9. The Hall–Kier alpha value is -2.65. The number of nitrogens with zero attached hydrogens (tertiary/aromatic N) is 3. The standard InChI is InChI=1S/C22H32N4O5/c1-30-15-4-9-23-20(27)17-24-10-12-25(13-11-24)21(28)7-8-22(29)26-14-16-31-19-6-3-2-5-18(19)26/h2-3,5-6H,4,7-17H2,1H3,(H,23,27). The van der Waals surface area contributed by atoms with Crippen molar-refractivity contribution in [2.24, 2.45) is 0 Å². The first kappa shape index (κ1) is 23.0. The van der Waals surface area contributed by atoms with Crippen molar-refractivity contribution in [3.8, 4) is 5.75 Å². The number of para-hydroxylation sites is 2. The molecule has 170 valence electrons. The molecule has 0 saturated carbocycles. The van der Waals surface area contributed by atoms with Gasteiger partial charge in [0.15, 0.2) is 0 Å². The number of anilines is 1. The molecule has 2 aliphatic rings. The second kappa shape index (κ2) is 11.7. The fourth-order valence-corrected chi connectivity index (χ4v) is 3.79. The molecule has 1 N–H and O–H groups in total. The monoisotopic (exact) mass is 432 g/mol. The summed E-state index contributed by atoms with van der Waals surface area (Å²) in [7, 11) is 1.64. The molecule has 1 saturated heterocycles. The first-order chi connectivity index (χ1) is 15.1. The number of amides is 3. The lowest BCUT2D eigenvalue weighted by Gasteiger charge is -2.34. The van der Waals surface area contributed by atoms with Crippen LogP contribution in [0.15, 0.2) is 24.3 Å². The van der Waals surface area contributed by atoms with Crippen LogP contribution in [0.5, 0.6) is 5.75 Å². The average molecular weight is 433 g/mol. The molecule has 9 heteroatoms. The number of piperazine rings is 1. The molecule has 0 atom stereocenters. The number of methoxy groups -OCH3 is 1. The topological polar surface area (TPSA) is 91.4 Å². The highest BCUT2D eigenvalue weighted by atomic mass is 16.5. The maximum Gasteiger partial charge on any atom is 0.234 e. The highest BCUT2D eigenvalue weighted by Gasteiger charge is 2.26. The van der Waals surface area contributed by atoms with Gasteiger partial charge in [0, 0.05) is 59.3 Å². The quantitative estimate of drug-likeness (QED) is 0.571. The van der Waals surface area contributed by atoms with Gasteiger partial charge < -0.3 is 24.6 Å². The number of carbonyl (C=O) groups excluding carboxylic acids is 3. The van der Waals surface area contributed by atoms with E-state index < -0.39 is 0 Å². The third kappa shape index (κ3) is 6.67. The fraction of sp³-hybridized carbons (Fsp3) is 0.591. The molecule has 3 amide bonds. The van der Waals surface area contributed by atoms with Crippen LogP contribution in [-0.4, -0.2) is 93.7 Å². The molecule has 0 radical (unpaired) electrons. The summed E-state index contributed by atoms with van der Waals surface area (Å²) in [5, 5.41) is 2.88. The molecule has 3 rings (SSSR count). The Kier molecular flexibility index (Phi) is 8.66. The SMILES string of the molecule is COCCCNC(=O)CN1CCN(C(=O)CCC(=O)N2CCOc3ccccc32)CC1. The molecule has 1 fully saturated rings. The van der Waals surface area contributed by atoms with Crippen LogP contribution in [0.3, 0.4) is 0 Å². The maximum atomic E-state index is 12.7. The molecular formula is C22H32N4O5. The van der Waals surface area contributed by atoms with Crippen LogP contribution < -0.4 is 15.0 Å². The minimum atomic E-state index is -0.0621. The lowest BCUT2D eigenvalue weighted by molar-refractivity contribution is -0.135. The van der Waals surface area contributed by atoms with Crippen molar-refractivity contribution in [1.29, 1.82) is 0 Å². The second-order valence-electron chi connectivity index (χ2n) is 7.71. The van der Waals surface area contributed by atoms with Gasteiger partial charge in [-0.3, -0.25) is 19.3 Å². The summed E-state index contributed by atoms with van der Waals surface area (Å²) in [5.74, 6) is 0.617. The van der Waals surface area contributed by atoms with E-state index in [0.717, 1.165) is 12.1 Å². The van der Waals surface area contributed by atoms with Crippen LogP contribution >= 0.6 is 0 Å². The van der Waals surface area contributed by atoms with Crippen LogP contribution in [0.25, 0.3) is 0 Å². The van der Waals surface area contributed by atoms with E-state index in [2.05, 4.69) is 5.32 Å². The van der Waals surface area contributed by atoms with Gasteiger partial charge in [0.1, 0.15) is 12.4 Å². The van der Waals surface area contributed by atoms with Gasteiger partial charge in [-0.05, 0) is 18.6 Å². The van der Waals surface area contributed by atoms with Crippen molar-refractivity contribution in [1.82, 2.24) is 15.1 Å². The molecule has 2 heterocycles. The Balaban J connectivity index is 1.37. The molecule has 31 heavy (non-hydrogen) atoms. The molecule has 0 aromatic heterocycles. The minimum absolute atomic E-state index is 0.00716. The van der Waals surface area contributed by atoms with Gasteiger partial charge in [-0.15, -0.1) is 0 Å². The van der Waals surface area contributed by atoms with Crippen LogP contribution in [-0.2, 0) is 19.1 Å². The molecule has 2 aliphatic heterocycles. The van der Waals surface area contributed by atoms with E-state index in [9.17, 15) is 14.4 Å². The average Bonchev–Trinajstić information content (AvgIpc) is 2.80. The van der Waals surface area contributed by atoms with Crippen molar-refractivity contribution >= 4 is 23.4 Å². The van der Waals surface area contributed by atoms with Gasteiger partial charge in [-0.2, -0.15) is 0 Å². The number of hydrogen-bond donors (Lipinski definition) is 1. The predicted molar refractivity (Wildman–Crippen MR) is 116 cm³/mol. The molecule has 0 spiro atoms. The minimum Gasteiger partial charge on any atom is -0.490 e. The Morgan fingerprint density at radius 2 is 1.77 bits per heavy atom. The van der Waals surface area contributed by atoms with Crippen molar-refractivity contribution < 1.29 is 23.9 Å². The van der Waals surface area contributed by atoms with Crippen molar-refractivity contribution in [2.75, 3.05) is 71.0 Å². The van der Waals surface area contributed by atoms with E-state index in [1.165, 1.54) is 0 Å². The third-order valence-electron chi connectivity index (χ3n) is 5.52. The zero-order valence-corrected chi connectivity index (χ0v) is 18.2. The Labute approximate surface area is 183 Å². The number of ether oxygens (including phenoxy) is 2. The van der Waals surface area contributed by atoms with E-state index in [-0.39, 0.29) is 30.6 Å². The second-order valence-corrected chi connectivity index (χ2v) is 7.71. The van der Waals surface area contributed by atoms with Crippen molar-refractivity contribution in [3.63, 3.8) is 0 Å². The van der Waals surface area contributed by atoms with E-state index in [1.807, 2.05) is 29.2 Å². The van der Waals surface area contributed by atoms with E-state index >= 15 is 0 Å². The molecule has 1 aromatic rings. The van der Waals surface area contributed by atoms with Gasteiger partial charge >= 0.3 is 0 Å². The van der Waals surface area contributed by atoms with Crippen LogP contribution in [0.4, 0.5) is 5.69 Å². The Morgan fingerprint density at radius 1 is 1.03 bits per heavy atom. The van der Waals surface area contributed by atoms with Crippen molar-refractivity contribution in [3.05, 3.63) is 24.3 Å². The highest BCUT2D eigenvalue weighted by Crippen LogP contribution is 2.31. The maximum absolute atomic E-state index is 12.7. The molecule has 0 aliphatic carbocycles. The van der Waals surface area contributed by atoms with Crippen LogP contribution in [0.2, 0.25) is 0 Å². The fourth-order valence-electron chi connectivity index (χ4n) is 3.79. The number of hydrogen-bond acceptors (Lipinski definition) is 6. The highest BCUT2D eigenvalue weighted by molar-refractivity contribution is 5.97. The molecule has 0 bridgehead atoms. The third-order valence-corrected chi connectivity index (χ3v) is 5.52. The van der Waals surface area contributed by atoms with Gasteiger partial charge in [0.05, 0.1) is 18.8 Å². The summed E-state index contributed by atoms with van der Waals surface area (Å²) in [6.45, 7) is 4.98. The van der Waals surface area contributed by atoms with E-state index in [4.69, 9.17) is 9.47 Å². The summed E-state index contributed by atoms with van der Waals surface area (Å²) >= 11 is 0. The van der Waals surface area contributed by atoms with Gasteiger partial charge in [0.25, 0.3) is 0 Å². The lowest BCUT2D eigenvalue weighted by atomic mass is 10.2. The van der Waals surface area contributed by atoms with E-state index in [0.29, 0.717) is 64.8 Å². The zero-order chi connectivity index (χ0) is 22.1. The molecule has 9 nitrogen and oxygen atoms in total. The number of benzene rings is 1. The first-order valence-corrected chi connectivity index (χ1v) is 10.9. The van der Waals surface area contributed by atoms with Gasteiger partial charge in [-0.1, -0.05) is 12.1 Å². The summed E-state index contributed by atoms with van der Waals surface area (Å²) in [6, 6.07) is 7.46. The Bertz CT molecular complexity index is 764. The Morgan fingerprint density at radius 3 is 2.55 bits per heavy atom. The largest absolute Gasteiger partial charge is 0.490 e. The molecule has 1 aromatic carbocycles. The van der Waals surface area contributed by atoms with Crippen molar-refractivity contribution in [2.45, 2.75) is 19.3 Å². The predicted octanol–water partition coefficient (Wildman–Crippen LogP) is 0.489. The van der Waals surface area contributed by atoms with Gasteiger partial charge in [0.2, 0.25) is 17.7 Å². The smallest absolute Gasteiger partial charge is 0.234 e. The zero-order valence-electron chi connectivity index (χ0n) is 18.2. The molecular weight excluding hydrogens is 400 g/mol. The normalized spacial score (nSPS) is 16.4. The summed E-state index contributed by atoms with van der Waals surface area (Å²) in [5.41, 5.74) is 0.764. The lowest BCUT2D eigenvalue weighted by Crippen LogP contribution is -2.51. The van der Waals surface area contributed by atoms with Crippen LogP contribution in [0.1, 0.15) is 19.3 Å². The summed E-state index contributed by atoms with van der Waals surface area (Å²) in [4.78, 5) is 42.8. The number of rotatable bonds is 9. The summed E-state index contributed by atoms with van der Waals surface area (Å²) in [6.07, 6.45) is 1.16. The van der Waals surface area contributed by atoms with E-state index in [1.54, 1.807) is 16.9 Å². The number of fused-ring (bicyclic) bond motifs is 1. The number of nitrogens with one attached hydrogen (secondary N) is 1. The number of carbonyl (C=O) groups is 3.